The molecule has 33 heavy (non-hydrogen) atoms. The lowest BCUT2D eigenvalue weighted by Crippen LogP contribution is -2.57. The highest BCUT2D eigenvalue weighted by atomic mass is 16.2. The van der Waals surface area contributed by atoms with Crippen LogP contribution < -0.4 is 5.32 Å². The second kappa shape index (κ2) is 8.44. The van der Waals surface area contributed by atoms with Crippen LogP contribution in [0.15, 0.2) is 18.2 Å². The molecular formula is C27H37N3O3. The molecule has 1 aromatic rings. The lowest BCUT2D eigenvalue weighted by atomic mass is 9.49. The molecule has 6 rings (SSSR count). The zero-order valence-electron chi connectivity index (χ0n) is 20.2. The first-order valence-corrected chi connectivity index (χ1v) is 12.7. The highest BCUT2D eigenvalue weighted by Gasteiger charge is 2.57. The maximum Gasteiger partial charge on any atom is 0.245 e. The number of benzene rings is 1. The first-order chi connectivity index (χ1) is 15.8. The summed E-state index contributed by atoms with van der Waals surface area (Å²) in [5.74, 6) is 2.02. The maximum absolute atomic E-state index is 13.9. The Morgan fingerprint density at radius 1 is 1.03 bits per heavy atom. The van der Waals surface area contributed by atoms with Crippen LogP contribution in [-0.2, 0) is 14.4 Å². The van der Waals surface area contributed by atoms with Crippen molar-refractivity contribution in [1.82, 2.24) is 9.80 Å². The van der Waals surface area contributed by atoms with Gasteiger partial charge in [0.15, 0.2) is 0 Å². The molecule has 4 aliphatic carbocycles. The largest absolute Gasteiger partial charge is 0.335 e. The topological polar surface area (TPSA) is 69.7 Å². The summed E-state index contributed by atoms with van der Waals surface area (Å²) in [6.07, 6.45) is 8.50. The predicted molar refractivity (Wildman–Crippen MR) is 128 cm³/mol. The van der Waals surface area contributed by atoms with Gasteiger partial charge in [0, 0.05) is 19.3 Å². The number of likely N-dealkylation sites (N-methyl/N-ethyl adjacent to an activating group) is 1. The third-order valence-corrected chi connectivity index (χ3v) is 8.79. The van der Waals surface area contributed by atoms with E-state index in [4.69, 9.17) is 0 Å². The van der Waals surface area contributed by atoms with Gasteiger partial charge in [-0.3, -0.25) is 14.4 Å². The van der Waals surface area contributed by atoms with Crippen LogP contribution in [0.1, 0.15) is 62.5 Å². The van der Waals surface area contributed by atoms with Crippen LogP contribution in [0.2, 0.25) is 0 Å². The lowest BCUT2D eigenvalue weighted by Gasteiger charge is -2.56. The summed E-state index contributed by atoms with van der Waals surface area (Å²) in [6, 6.07) is 5.46. The molecule has 5 aliphatic rings. The molecule has 3 amide bonds. The number of hydrogen-bond donors (Lipinski definition) is 1. The Kier molecular flexibility index (Phi) is 5.74. The van der Waals surface area contributed by atoms with Crippen molar-refractivity contribution in [3.8, 4) is 0 Å². The number of hydrogen-bond acceptors (Lipinski definition) is 3. The molecule has 1 saturated heterocycles. The van der Waals surface area contributed by atoms with Crippen molar-refractivity contribution in [2.24, 2.45) is 23.2 Å². The van der Waals surface area contributed by atoms with E-state index in [-0.39, 0.29) is 29.7 Å². The van der Waals surface area contributed by atoms with E-state index in [2.05, 4.69) is 5.32 Å². The second-order valence-electron chi connectivity index (χ2n) is 11.4. The fraction of sp³-hybridized carbons (Fsp3) is 0.667. The van der Waals surface area contributed by atoms with E-state index >= 15 is 0 Å². The molecule has 6 heteroatoms. The number of nitrogens with one attached hydrogen (secondary N) is 1. The Morgan fingerprint density at radius 3 is 2.18 bits per heavy atom. The molecule has 1 unspecified atom stereocenters. The number of carbonyl (C=O) groups excluding carboxylic acids is 3. The molecule has 0 radical (unpaired) electrons. The van der Waals surface area contributed by atoms with Gasteiger partial charge in [0.2, 0.25) is 17.7 Å². The number of rotatable bonds is 5. The van der Waals surface area contributed by atoms with E-state index in [1.165, 1.54) is 24.2 Å². The highest BCUT2D eigenvalue weighted by Crippen LogP contribution is 2.60. The fourth-order valence-electron chi connectivity index (χ4n) is 7.68. The molecule has 178 valence electrons. The van der Waals surface area contributed by atoms with E-state index in [1.807, 2.05) is 36.9 Å². The standard InChI is InChI=1S/C27H37N3O3/c1-17-6-4-7-18(2)24(17)28-23(31)16-29(3)25(32)22-8-5-9-30(22)26(33)27-13-19-10-20(14-27)12-21(11-19)15-27/h4,6-7,19-22H,5,8-16H2,1-3H3,(H,28,31). The van der Waals surface area contributed by atoms with Crippen LogP contribution in [0.5, 0.6) is 0 Å². The molecule has 1 aliphatic heterocycles. The average Bonchev–Trinajstić information content (AvgIpc) is 3.24. The number of nitrogens with zero attached hydrogens (tertiary/aromatic N) is 2. The van der Waals surface area contributed by atoms with Gasteiger partial charge >= 0.3 is 0 Å². The summed E-state index contributed by atoms with van der Waals surface area (Å²) < 4.78 is 0. The van der Waals surface area contributed by atoms with E-state index in [1.54, 1.807) is 7.05 Å². The van der Waals surface area contributed by atoms with E-state index in [9.17, 15) is 14.4 Å². The van der Waals surface area contributed by atoms with Crippen LogP contribution in [0.4, 0.5) is 5.69 Å². The molecule has 4 bridgehead atoms. The Balaban J connectivity index is 1.24. The first kappa shape index (κ1) is 22.4. The van der Waals surface area contributed by atoms with Crippen LogP contribution >= 0.6 is 0 Å². The van der Waals surface area contributed by atoms with Gasteiger partial charge in [-0.1, -0.05) is 18.2 Å². The van der Waals surface area contributed by atoms with Gasteiger partial charge in [-0.25, -0.2) is 0 Å². The van der Waals surface area contributed by atoms with Crippen molar-refractivity contribution < 1.29 is 14.4 Å². The molecule has 1 atom stereocenters. The van der Waals surface area contributed by atoms with Crippen molar-refractivity contribution >= 4 is 23.4 Å². The minimum Gasteiger partial charge on any atom is -0.335 e. The zero-order valence-corrected chi connectivity index (χ0v) is 20.2. The van der Waals surface area contributed by atoms with Crippen LogP contribution in [0.3, 0.4) is 0 Å². The second-order valence-corrected chi connectivity index (χ2v) is 11.4. The Labute approximate surface area is 197 Å². The summed E-state index contributed by atoms with van der Waals surface area (Å²) >= 11 is 0. The summed E-state index contributed by atoms with van der Waals surface area (Å²) in [5.41, 5.74) is 2.58. The summed E-state index contributed by atoms with van der Waals surface area (Å²) in [4.78, 5) is 43.3. The first-order valence-electron chi connectivity index (χ1n) is 12.7. The van der Waals surface area contributed by atoms with Gasteiger partial charge in [-0.05, 0) is 94.1 Å². The number of aryl methyl sites for hydroxylation is 2. The predicted octanol–water partition coefficient (Wildman–Crippen LogP) is 3.91. The molecule has 1 heterocycles. The zero-order chi connectivity index (χ0) is 23.3. The minimum absolute atomic E-state index is 0.0114. The Morgan fingerprint density at radius 2 is 1.61 bits per heavy atom. The number of anilines is 1. The smallest absolute Gasteiger partial charge is 0.245 e. The van der Waals surface area contributed by atoms with E-state index in [0.29, 0.717) is 30.7 Å². The lowest BCUT2D eigenvalue weighted by molar-refractivity contribution is -0.161. The molecule has 1 N–H and O–H groups in total. The van der Waals surface area contributed by atoms with Crippen LogP contribution in [0, 0.1) is 37.0 Å². The Bertz CT molecular complexity index is 916. The summed E-state index contributed by atoms with van der Waals surface area (Å²) in [6.45, 7) is 4.58. The van der Waals surface area contributed by atoms with Crippen molar-refractivity contribution in [2.75, 3.05) is 25.5 Å². The average molecular weight is 452 g/mol. The number of amides is 3. The molecule has 6 nitrogen and oxygen atoms in total. The third-order valence-electron chi connectivity index (χ3n) is 8.79. The molecule has 1 aromatic carbocycles. The summed E-state index contributed by atoms with van der Waals surface area (Å²) in [7, 11) is 1.68. The number of likely N-dealkylation sites (tertiary alicyclic amines) is 1. The SMILES string of the molecule is Cc1cccc(C)c1NC(=O)CN(C)C(=O)C1CCCN1C(=O)C12CC3CC(CC(C3)C1)C2. The molecular weight excluding hydrogens is 414 g/mol. The fourth-order valence-corrected chi connectivity index (χ4v) is 7.68. The van der Waals surface area contributed by atoms with Crippen molar-refractivity contribution in [2.45, 2.75) is 71.3 Å². The van der Waals surface area contributed by atoms with Gasteiger partial charge in [-0.2, -0.15) is 0 Å². The minimum atomic E-state index is -0.427. The third kappa shape index (κ3) is 4.06. The van der Waals surface area contributed by atoms with E-state index in [0.717, 1.165) is 42.5 Å². The van der Waals surface area contributed by atoms with Crippen molar-refractivity contribution in [3.63, 3.8) is 0 Å². The van der Waals surface area contributed by atoms with Crippen molar-refractivity contribution in [3.05, 3.63) is 29.3 Å². The summed E-state index contributed by atoms with van der Waals surface area (Å²) in [5, 5.41) is 2.96. The van der Waals surface area contributed by atoms with Crippen LogP contribution in [0.25, 0.3) is 0 Å². The van der Waals surface area contributed by atoms with Gasteiger partial charge < -0.3 is 15.1 Å². The number of para-hydroxylation sites is 1. The van der Waals surface area contributed by atoms with Gasteiger partial charge in [0.25, 0.3) is 0 Å². The Hall–Kier alpha value is -2.37. The molecule has 4 saturated carbocycles. The van der Waals surface area contributed by atoms with Gasteiger partial charge in [-0.15, -0.1) is 0 Å². The van der Waals surface area contributed by atoms with Crippen molar-refractivity contribution in [1.29, 1.82) is 0 Å². The van der Waals surface area contributed by atoms with Gasteiger partial charge in [0.1, 0.15) is 6.04 Å². The molecule has 0 aromatic heterocycles. The quantitative estimate of drug-likeness (QED) is 0.738. The van der Waals surface area contributed by atoms with Gasteiger partial charge in [0.05, 0.1) is 12.0 Å². The monoisotopic (exact) mass is 451 g/mol. The molecule has 5 fully saturated rings. The highest BCUT2D eigenvalue weighted by molar-refractivity contribution is 5.97. The molecule has 0 spiro atoms. The maximum atomic E-state index is 13.9. The van der Waals surface area contributed by atoms with Crippen LogP contribution in [-0.4, -0.2) is 53.7 Å². The van der Waals surface area contributed by atoms with E-state index < -0.39 is 6.04 Å². The normalized spacial score (nSPS) is 32.2. The number of carbonyl (C=O) groups is 3.